The van der Waals surface area contributed by atoms with Gasteiger partial charge in [-0.25, -0.2) is 4.98 Å². The molecule has 4 heteroatoms. The van der Waals surface area contributed by atoms with Crippen LogP contribution in [-0.2, 0) is 13.1 Å². The fourth-order valence-electron chi connectivity index (χ4n) is 1.97. The van der Waals surface area contributed by atoms with Crippen molar-refractivity contribution in [2.45, 2.75) is 26.4 Å². The third-order valence-corrected chi connectivity index (χ3v) is 2.92. The molecule has 2 rings (SSSR count). The number of nitriles is 1. The highest BCUT2D eigenvalue weighted by Crippen LogP contribution is 2.09. The molecule has 98 valence electrons. The Morgan fingerprint density at radius 1 is 1.42 bits per heavy atom. The molecule has 0 aliphatic heterocycles. The molecule has 2 aromatic rings. The second-order valence-corrected chi connectivity index (χ2v) is 4.49. The zero-order valence-corrected chi connectivity index (χ0v) is 11.1. The van der Waals surface area contributed by atoms with Crippen molar-refractivity contribution in [2.75, 3.05) is 6.54 Å². The predicted molar refractivity (Wildman–Crippen MR) is 74.5 cm³/mol. The minimum atomic E-state index is 0.502. The van der Waals surface area contributed by atoms with Crippen LogP contribution in [0.1, 0.15) is 30.2 Å². The molecule has 0 aromatic carbocycles. The van der Waals surface area contributed by atoms with Gasteiger partial charge in [0, 0.05) is 37.2 Å². The lowest BCUT2D eigenvalue weighted by atomic mass is 10.2. The summed E-state index contributed by atoms with van der Waals surface area (Å²) in [5.41, 5.74) is 2.71. The highest BCUT2D eigenvalue weighted by Gasteiger charge is 2.03. The molecule has 0 saturated carbocycles. The smallest absolute Gasteiger partial charge is 0.145 e. The van der Waals surface area contributed by atoms with Gasteiger partial charge < -0.3 is 9.88 Å². The van der Waals surface area contributed by atoms with Crippen molar-refractivity contribution in [1.82, 2.24) is 14.9 Å². The molecule has 0 unspecified atom stereocenters. The van der Waals surface area contributed by atoms with Crippen LogP contribution in [0.2, 0.25) is 0 Å². The third-order valence-electron chi connectivity index (χ3n) is 2.92. The van der Waals surface area contributed by atoms with Gasteiger partial charge in [-0.2, -0.15) is 5.26 Å². The predicted octanol–water partition coefficient (Wildman–Crippen LogP) is 2.30. The third kappa shape index (κ3) is 3.67. The topological polar surface area (TPSA) is 53.6 Å². The monoisotopic (exact) mass is 254 g/mol. The molecule has 0 aliphatic rings. The molecule has 1 N–H and O–H groups in total. The van der Waals surface area contributed by atoms with Crippen LogP contribution in [0.4, 0.5) is 0 Å². The van der Waals surface area contributed by atoms with E-state index in [0.717, 1.165) is 25.1 Å². The second-order valence-electron chi connectivity index (χ2n) is 4.49. The molecular formula is C15H18N4. The van der Waals surface area contributed by atoms with Crippen molar-refractivity contribution in [3.8, 4) is 6.07 Å². The molecule has 0 bridgehead atoms. The fourth-order valence-corrected chi connectivity index (χ4v) is 1.97. The number of nitrogens with one attached hydrogen (secondary N) is 1. The Labute approximate surface area is 113 Å². The molecule has 0 spiro atoms. The quantitative estimate of drug-likeness (QED) is 0.805. The lowest BCUT2D eigenvalue weighted by Crippen LogP contribution is -2.13. The number of pyridine rings is 1. The molecule has 0 amide bonds. The molecule has 0 fully saturated rings. The van der Waals surface area contributed by atoms with E-state index in [1.165, 1.54) is 5.56 Å². The summed E-state index contributed by atoms with van der Waals surface area (Å²) in [5, 5.41) is 12.4. The van der Waals surface area contributed by atoms with E-state index in [2.05, 4.69) is 40.1 Å². The lowest BCUT2D eigenvalue weighted by Gasteiger charge is -2.04. The molecule has 0 aliphatic carbocycles. The fraction of sp³-hybridized carbons (Fsp3) is 0.333. The van der Waals surface area contributed by atoms with Crippen molar-refractivity contribution in [2.24, 2.45) is 0 Å². The molecular weight excluding hydrogens is 236 g/mol. The molecule has 19 heavy (non-hydrogen) atoms. The van der Waals surface area contributed by atoms with E-state index in [9.17, 15) is 0 Å². The highest BCUT2D eigenvalue weighted by molar-refractivity contribution is 5.31. The van der Waals surface area contributed by atoms with Gasteiger partial charge in [0.1, 0.15) is 11.8 Å². The van der Waals surface area contributed by atoms with Crippen LogP contribution in [0.5, 0.6) is 0 Å². The number of hydrogen-bond acceptors (Lipinski definition) is 3. The zero-order chi connectivity index (χ0) is 13.5. The van der Waals surface area contributed by atoms with Crippen LogP contribution in [0.15, 0.2) is 36.8 Å². The van der Waals surface area contributed by atoms with Crippen LogP contribution in [0, 0.1) is 11.3 Å². The van der Waals surface area contributed by atoms with E-state index in [0.29, 0.717) is 12.2 Å². The maximum absolute atomic E-state index is 9.01. The maximum atomic E-state index is 9.01. The van der Waals surface area contributed by atoms with Crippen LogP contribution in [0.25, 0.3) is 0 Å². The molecule has 0 radical (unpaired) electrons. The minimum absolute atomic E-state index is 0.502. The van der Waals surface area contributed by atoms with Gasteiger partial charge in [0.05, 0.1) is 0 Å². The van der Waals surface area contributed by atoms with Gasteiger partial charge >= 0.3 is 0 Å². The summed E-state index contributed by atoms with van der Waals surface area (Å²) in [6.07, 6.45) is 6.94. The van der Waals surface area contributed by atoms with Crippen molar-refractivity contribution in [1.29, 1.82) is 5.26 Å². The average molecular weight is 254 g/mol. The normalized spacial score (nSPS) is 10.3. The Morgan fingerprint density at radius 3 is 3.11 bits per heavy atom. The first-order valence-electron chi connectivity index (χ1n) is 6.53. The van der Waals surface area contributed by atoms with Crippen molar-refractivity contribution >= 4 is 0 Å². The van der Waals surface area contributed by atoms with Gasteiger partial charge in [-0.1, -0.05) is 13.0 Å². The molecule has 0 saturated heterocycles. The Balaban J connectivity index is 2.02. The van der Waals surface area contributed by atoms with Gasteiger partial charge in [0.15, 0.2) is 0 Å². The SMILES string of the molecule is CCCNCc1ccn(Cc2cccnc2C#N)c1. The summed E-state index contributed by atoms with van der Waals surface area (Å²) >= 11 is 0. The Morgan fingerprint density at radius 2 is 2.32 bits per heavy atom. The summed E-state index contributed by atoms with van der Waals surface area (Å²) in [6, 6.07) is 8.04. The van der Waals surface area contributed by atoms with E-state index >= 15 is 0 Å². The first kappa shape index (κ1) is 13.3. The summed E-state index contributed by atoms with van der Waals surface area (Å²) in [5.74, 6) is 0. The summed E-state index contributed by atoms with van der Waals surface area (Å²) in [6.45, 7) is 4.76. The largest absolute Gasteiger partial charge is 0.349 e. The number of nitrogens with zero attached hydrogens (tertiary/aromatic N) is 3. The van der Waals surface area contributed by atoms with Crippen molar-refractivity contribution < 1.29 is 0 Å². The van der Waals surface area contributed by atoms with E-state index in [-0.39, 0.29) is 0 Å². The number of hydrogen-bond donors (Lipinski definition) is 1. The van der Waals surface area contributed by atoms with Gasteiger partial charge in [-0.15, -0.1) is 0 Å². The Hall–Kier alpha value is -2.12. The van der Waals surface area contributed by atoms with Crippen molar-refractivity contribution in [3.05, 3.63) is 53.6 Å². The van der Waals surface area contributed by atoms with Gasteiger partial charge in [0.2, 0.25) is 0 Å². The molecule has 4 nitrogen and oxygen atoms in total. The first-order valence-corrected chi connectivity index (χ1v) is 6.53. The molecule has 2 heterocycles. The lowest BCUT2D eigenvalue weighted by molar-refractivity contribution is 0.673. The molecule has 0 atom stereocenters. The van der Waals surface area contributed by atoms with E-state index in [4.69, 9.17) is 5.26 Å². The van der Waals surface area contributed by atoms with Crippen LogP contribution >= 0.6 is 0 Å². The van der Waals surface area contributed by atoms with Gasteiger partial charge in [-0.05, 0) is 30.7 Å². The number of rotatable bonds is 6. The van der Waals surface area contributed by atoms with Crippen LogP contribution < -0.4 is 5.32 Å². The minimum Gasteiger partial charge on any atom is -0.349 e. The summed E-state index contributed by atoms with van der Waals surface area (Å²) in [4.78, 5) is 4.07. The van der Waals surface area contributed by atoms with E-state index in [1.807, 2.05) is 18.3 Å². The summed E-state index contributed by atoms with van der Waals surface area (Å²) in [7, 11) is 0. The number of aromatic nitrogens is 2. The maximum Gasteiger partial charge on any atom is 0.145 e. The van der Waals surface area contributed by atoms with Gasteiger partial charge in [-0.3, -0.25) is 0 Å². The molecule has 2 aromatic heterocycles. The van der Waals surface area contributed by atoms with Crippen LogP contribution in [0.3, 0.4) is 0 Å². The van der Waals surface area contributed by atoms with E-state index in [1.54, 1.807) is 6.20 Å². The zero-order valence-electron chi connectivity index (χ0n) is 11.1. The second kappa shape index (κ2) is 6.72. The van der Waals surface area contributed by atoms with Crippen molar-refractivity contribution in [3.63, 3.8) is 0 Å². The van der Waals surface area contributed by atoms with E-state index < -0.39 is 0 Å². The first-order chi connectivity index (χ1) is 9.33. The average Bonchev–Trinajstić information content (AvgIpc) is 2.87. The Bertz CT molecular complexity index is 566. The highest BCUT2D eigenvalue weighted by atomic mass is 14.9. The Kier molecular flexibility index (Phi) is 4.71. The standard InChI is InChI=1S/C15H18N4/c1-2-6-17-10-13-5-8-19(11-13)12-14-4-3-7-18-15(14)9-16/h3-5,7-8,11,17H,2,6,10,12H2,1H3. The van der Waals surface area contributed by atoms with Gasteiger partial charge in [0.25, 0.3) is 0 Å². The van der Waals surface area contributed by atoms with Crippen LogP contribution in [-0.4, -0.2) is 16.1 Å². The summed E-state index contributed by atoms with van der Waals surface area (Å²) < 4.78 is 2.08.